The number of aliphatic hydroxyl groups excluding tert-OH is 1. The Balaban J connectivity index is 1.85. The van der Waals surface area contributed by atoms with Crippen molar-refractivity contribution in [1.82, 2.24) is 20.2 Å². The summed E-state index contributed by atoms with van der Waals surface area (Å²) < 4.78 is 0. The van der Waals surface area contributed by atoms with E-state index in [4.69, 9.17) is 0 Å². The number of hydrogen-bond donors (Lipinski definition) is 3. The molecule has 1 aliphatic heterocycles. The van der Waals surface area contributed by atoms with Crippen molar-refractivity contribution in [3.05, 3.63) is 27.9 Å². The SMILES string of the molecule is Cc1ncc(CNC(=O)C[C@@H]2CN(C)C[C@H]2O)c(=O)[nH]1. The average Bonchev–Trinajstić information content (AvgIpc) is 2.66. The van der Waals surface area contributed by atoms with Gasteiger partial charge in [0.15, 0.2) is 0 Å². The fraction of sp³-hybridized carbons (Fsp3) is 0.615. The number of aromatic nitrogens is 2. The van der Waals surface area contributed by atoms with Gasteiger partial charge < -0.3 is 20.3 Å². The lowest BCUT2D eigenvalue weighted by atomic mass is 10.0. The zero-order valence-electron chi connectivity index (χ0n) is 11.7. The van der Waals surface area contributed by atoms with Crippen molar-refractivity contribution in [3.63, 3.8) is 0 Å². The Morgan fingerprint density at radius 1 is 1.60 bits per heavy atom. The topological polar surface area (TPSA) is 98.3 Å². The van der Waals surface area contributed by atoms with Gasteiger partial charge in [0, 0.05) is 38.2 Å². The van der Waals surface area contributed by atoms with Gasteiger partial charge in [-0.05, 0) is 14.0 Å². The van der Waals surface area contributed by atoms with Crippen LogP contribution in [0.3, 0.4) is 0 Å². The normalized spacial score (nSPS) is 22.9. The molecule has 0 saturated carbocycles. The molecule has 2 atom stereocenters. The van der Waals surface area contributed by atoms with Gasteiger partial charge in [-0.2, -0.15) is 0 Å². The van der Waals surface area contributed by atoms with Gasteiger partial charge in [0.2, 0.25) is 5.91 Å². The highest BCUT2D eigenvalue weighted by atomic mass is 16.3. The maximum Gasteiger partial charge on any atom is 0.255 e. The molecule has 1 amide bonds. The summed E-state index contributed by atoms with van der Waals surface area (Å²) in [7, 11) is 1.92. The van der Waals surface area contributed by atoms with Crippen LogP contribution in [0.4, 0.5) is 0 Å². The number of aliphatic hydroxyl groups is 1. The van der Waals surface area contributed by atoms with Gasteiger partial charge in [0.25, 0.3) is 5.56 Å². The van der Waals surface area contributed by atoms with Crippen LogP contribution >= 0.6 is 0 Å². The number of amides is 1. The molecule has 0 aliphatic carbocycles. The number of carbonyl (C=O) groups excluding carboxylic acids is 1. The van der Waals surface area contributed by atoms with Crippen LogP contribution in [-0.2, 0) is 11.3 Å². The van der Waals surface area contributed by atoms with Crippen LogP contribution in [0.2, 0.25) is 0 Å². The maximum absolute atomic E-state index is 11.8. The van der Waals surface area contributed by atoms with Gasteiger partial charge in [0.1, 0.15) is 5.82 Å². The summed E-state index contributed by atoms with van der Waals surface area (Å²) in [5.41, 5.74) is 0.187. The predicted molar refractivity (Wildman–Crippen MR) is 73.1 cm³/mol. The molecule has 7 heteroatoms. The van der Waals surface area contributed by atoms with Crippen molar-refractivity contribution in [2.45, 2.75) is 26.0 Å². The molecule has 0 unspecified atom stereocenters. The number of aromatic amines is 1. The first kappa shape index (κ1) is 14.7. The average molecular weight is 280 g/mol. The van der Waals surface area contributed by atoms with E-state index in [1.165, 1.54) is 6.20 Å². The van der Waals surface area contributed by atoms with Crippen molar-refractivity contribution in [1.29, 1.82) is 0 Å². The van der Waals surface area contributed by atoms with E-state index in [0.717, 1.165) is 0 Å². The van der Waals surface area contributed by atoms with Crippen LogP contribution in [0.5, 0.6) is 0 Å². The van der Waals surface area contributed by atoms with E-state index in [9.17, 15) is 14.7 Å². The highest BCUT2D eigenvalue weighted by Gasteiger charge is 2.30. The first-order valence-electron chi connectivity index (χ1n) is 6.64. The quantitative estimate of drug-likeness (QED) is 0.657. The molecule has 110 valence electrons. The lowest BCUT2D eigenvalue weighted by Gasteiger charge is -2.13. The summed E-state index contributed by atoms with van der Waals surface area (Å²) in [5, 5.41) is 12.5. The summed E-state index contributed by atoms with van der Waals surface area (Å²) in [5.74, 6) is 0.334. The molecular formula is C13H20N4O3. The van der Waals surface area contributed by atoms with Gasteiger partial charge >= 0.3 is 0 Å². The third-order valence-corrected chi connectivity index (χ3v) is 3.51. The third kappa shape index (κ3) is 3.64. The number of carbonyl (C=O) groups is 1. The van der Waals surface area contributed by atoms with Gasteiger partial charge in [-0.1, -0.05) is 0 Å². The molecule has 0 aromatic carbocycles. The first-order chi connectivity index (χ1) is 9.45. The van der Waals surface area contributed by atoms with Gasteiger partial charge in [-0.15, -0.1) is 0 Å². The number of nitrogens with one attached hydrogen (secondary N) is 2. The minimum absolute atomic E-state index is 0.0468. The van der Waals surface area contributed by atoms with Crippen LogP contribution in [0.1, 0.15) is 17.8 Å². The second kappa shape index (κ2) is 6.15. The highest BCUT2D eigenvalue weighted by Crippen LogP contribution is 2.18. The highest BCUT2D eigenvalue weighted by molar-refractivity contribution is 5.76. The van der Waals surface area contributed by atoms with Crippen LogP contribution in [0.25, 0.3) is 0 Å². The minimum Gasteiger partial charge on any atom is -0.391 e. The molecule has 0 spiro atoms. The molecular weight excluding hydrogens is 260 g/mol. The van der Waals surface area contributed by atoms with E-state index in [1.54, 1.807) is 6.92 Å². The van der Waals surface area contributed by atoms with Crippen LogP contribution in [0, 0.1) is 12.8 Å². The Labute approximate surface area is 117 Å². The molecule has 1 aromatic rings. The number of aryl methyl sites for hydroxylation is 1. The Hall–Kier alpha value is -1.73. The number of nitrogens with zero attached hydrogens (tertiary/aromatic N) is 2. The molecule has 0 bridgehead atoms. The Morgan fingerprint density at radius 2 is 2.35 bits per heavy atom. The summed E-state index contributed by atoms with van der Waals surface area (Å²) in [6, 6.07) is 0. The number of likely N-dealkylation sites (N-methyl/N-ethyl adjacent to an activating group) is 1. The fourth-order valence-electron chi connectivity index (χ4n) is 2.41. The predicted octanol–water partition coefficient (Wildman–Crippen LogP) is -0.993. The zero-order chi connectivity index (χ0) is 14.7. The second-order valence-corrected chi connectivity index (χ2v) is 5.35. The van der Waals surface area contributed by atoms with E-state index in [0.29, 0.717) is 24.5 Å². The maximum atomic E-state index is 11.8. The standard InChI is InChI=1S/C13H20N4O3/c1-8-14-4-10(13(20)16-8)5-15-12(19)3-9-6-17(2)7-11(9)18/h4,9,11,18H,3,5-7H2,1-2H3,(H,15,19)(H,14,16,20)/t9-,11-/m1/s1. The van der Waals surface area contributed by atoms with Crippen molar-refractivity contribution in [3.8, 4) is 0 Å². The Morgan fingerprint density at radius 3 is 2.95 bits per heavy atom. The van der Waals surface area contributed by atoms with Crippen LogP contribution in [0.15, 0.2) is 11.0 Å². The molecule has 1 aromatic heterocycles. The van der Waals surface area contributed by atoms with Gasteiger partial charge in [0.05, 0.1) is 11.7 Å². The van der Waals surface area contributed by atoms with Crippen LogP contribution < -0.4 is 10.9 Å². The molecule has 1 saturated heterocycles. The number of hydrogen-bond acceptors (Lipinski definition) is 5. The second-order valence-electron chi connectivity index (χ2n) is 5.35. The van der Waals surface area contributed by atoms with E-state index in [-0.39, 0.29) is 30.3 Å². The lowest BCUT2D eigenvalue weighted by molar-refractivity contribution is -0.122. The van der Waals surface area contributed by atoms with Crippen molar-refractivity contribution in [2.24, 2.45) is 5.92 Å². The smallest absolute Gasteiger partial charge is 0.255 e. The van der Waals surface area contributed by atoms with Gasteiger partial charge in [-0.3, -0.25) is 9.59 Å². The van der Waals surface area contributed by atoms with E-state index >= 15 is 0 Å². The number of rotatable bonds is 4. The molecule has 0 radical (unpaired) electrons. The number of H-pyrrole nitrogens is 1. The van der Waals surface area contributed by atoms with Gasteiger partial charge in [-0.25, -0.2) is 4.98 Å². The van der Waals surface area contributed by atoms with Crippen LogP contribution in [-0.4, -0.2) is 52.1 Å². The Kier molecular flexibility index (Phi) is 4.51. The summed E-state index contributed by atoms with van der Waals surface area (Å²) in [4.78, 5) is 32.0. The minimum atomic E-state index is -0.463. The molecule has 2 heterocycles. The Bertz CT molecular complexity index is 543. The summed E-state index contributed by atoms with van der Waals surface area (Å²) in [6.45, 7) is 3.16. The molecule has 2 rings (SSSR count). The fourth-order valence-corrected chi connectivity index (χ4v) is 2.41. The summed E-state index contributed by atoms with van der Waals surface area (Å²) >= 11 is 0. The summed E-state index contributed by atoms with van der Waals surface area (Å²) in [6.07, 6.45) is 1.27. The lowest BCUT2D eigenvalue weighted by Crippen LogP contribution is -2.31. The monoisotopic (exact) mass is 280 g/mol. The number of β-amino-alcohol motifs (C(OH)–C–C–N with tert-alkyl or cyclic N) is 1. The molecule has 7 nitrogen and oxygen atoms in total. The number of likely N-dealkylation sites (tertiary alicyclic amines) is 1. The largest absolute Gasteiger partial charge is 0.391 e. The third-order valence-electron chi connectivity index (χ3n) is 3.51. The van der Waals surface area contributed by atoms with Crippen molar-refractivity contribution in [2.75, 3.05) is 20.1 Å². The molecule has 20 heavy (non-hydrogen) atoms. The molecule has 3 N–H and O–H groups in total. The van der Waals surface area contributed by atoms with E-state index in [2.05, 4.69) is 15.3 Å². The molecule has 1 aliphatic rings. The van der Waals surface area contributed by atoms with E-state index < -0.39 is 6.10 Å². The van der Waals surface area contributed by atoms with E-state index in [1.807, 2.05) is 11.9 Å². The van der Waals surface area contributed by atoms with Crippen molar-refractivity contribution < 1.29 is 9.90 Å². The van der Waals surface area contributed by atoms with Crippen molar-refractivity contribution >= 4 is 5.91 Å². The zero-order valence-corrected chi connectivity index (χ0v) is 11.7. The molecule has 1 fully saturated rings. The first-order valence-corrected chi connectivity index (χ1v) is 6.64.